The third-order valence-electron chi connectivity index (χ3n) is 6.67. The fourth-order valence-corrected chi connectivity index (χ4v) is 4.92. The third-order valence-corrected chi connectivity index (χ3v) is 6.67. The summed E-state index contributed by atoms with van der Waals surface area (Å²) in [5, 5.41) is 2.52. The summed E-state index contributed by atoms with van der Waals surface area (Å²) in [6, 6.07) is 27.9. The first-order chi connectivity index (χ1) is 15.8. The Kier molecular flexibility index (Phi) is 4.89. The molecule has 0 amide bonds. The van der Waals surface area contributed by atoms with E-state index in [1.807, 2.05) is 6.07 Å². The van der Waals surface area contributed by atoms with Crippen molar-refractivity contribution >= 4 is 27.4 Å². The Morgan fingerprint density at radius 2 is 1.75 bits per heavy atom. The number of fused-ring (bicyclic) bond motifs is 2. The van der Waals surface area contributed by atoms with Gasteiger partial charge in [0.2, 0.25) is 0 Å². The zero-order valence-electron chi connectivity index (χ0n) is 18.1. The molecule has 32 heavy (non-hydrogen) atoms. The SMILES string of the molecule is C1=C(c2ccc3occc3c2)CCN(CCc2c(-c3ccccc3)[nH]c3ccccc23)C1. The van der Waals surface area contributed by atoms with Gasteiger partial charge in [-0.15, -0.1) is 0 Å². The highest BCUT2D eigenvalue weighted by atomic mass is 16.3. The largest absolute Gasteiger partial charge is 0.464 e. The predicted molar refractivity (Wildman–Crippen MR) is 133 cm³/mol. The first-order valence-electron chi connectivity index (χ1n) is 11.4. The van der Waals surface area contributed by atoms with Crippen LogP contribution in [0.3, 0.4) is 0 Å². The summed E-state index contributed by atoms with van der Waals surface area (Å²) in [7, 11) is 0. The molecule has 0 atom stereocenters. The minimum absolute atomic E-state index is 0.958. The molecule has 0 saturated heterocycles. The number of rotatable bonds is 5. The molecule has 0 radical (unpaired) electrons. The van der Waals surface area contributed by atoms with Crippen molar-refractivity contribution < 1.29 is 4.42 Å². The zero-order chi connectivity index (χ0) is 21.3. The smallest absolute Gasteiger partial charge is 0.133 e. The topological polar surface area (TPSA) is 32.2 Å². The number of aromatic nitrogens is 1. The second-order valence-electron chi connectivity index (χ2n) is 8.59. The van der Waals surface area contributed by atoms with Crippen molar-refractivity contribution in [1.29, 1.82) is 0 Å². The maximum Gasteiger partial charge on any atom is 0.133 e. The van der Waals surface area contributed by atoms with Crippen molar-refractivity contribution in [2.24, 2.45) is 0 Å². The molecule has 3 aromatic carbocycles. The van der Waals surface area contributed by atoms with E-state index in [1.54, 1.807) is 6.26 Å². The lowest BCUT2D eigenvalue weighted by Crippen LogP contribution is -2.30. The van der Waals surface area contributed by atoms with Crippen molar-refractivity contribution in [3.8, 4) is 11.3 Å². The zero-order valence-corrected chi connectivity index (χ0v) is 18.1. The van der Waals surface area contributed by atoms with Crippen LogP contribution >= 0.6 is 0 Å². The number of hydrogen-bond acceptors (Lipinski definition) is 2. The van der Waals surface area contributed by atoms with Crippen molar-refractivity contribution in [3.63, 3.8) is 0 Å². The molecule has 2 aromatic heterocycles. The molecule has 0 bridgehead atoms. The summed E-state index contributed by atoms with van der Waals surface area (Å²) in [4.78, 5) is 6.24. The molecule has 3 nitrogen and oxygen atoms in total. The molecule has 0 aliphatic carbocycles. The summed E-state index contributed by atoms with van der Waals surface area (Å²) in [6.07, 6.45) is 6.29. The van der Waals surface area contributed by atoms with Crippen LogP contribution in [0, 0.1) is 0 Å². The highest BCUT2D eigenvalue weighted by Crippen LogP contribution is 2.31. The normalized spacial score (nSPS) is 14.8. The van der Waals surface area contributed by atoms with Gasteiger partial charge in [-0.1, -0.05) is 60.7 Å². The number of para-hydroxylation sites is 1. The van der Waals surface area contributed by atoms with Gasteiger partial charge in [-0.3, -0.25) is 4.90 Å². The van der Waals surface area contributed by atoms with E-state index in [9.17, 15) is 0 Å². The molecule has 1 aliphatic rings. The molecule has 6 rings (SSSR count). The molecule has 0 saturated carbocycles. The van der Waals surface area contributed by atoms with Gasteiger partial charge in [0, 0.05) is 41.6 Å². The van der Waals surface area contributed by atoms with E-state index in [2.05, 4.69) is 88.8 Å². The number of aromatic amines is 1. The van der Waals surface area contributed by atoms with Crippen LogP contribution in [0.15, 0.2) is 95.6 Å². The van der Waals surface area contributed by atoms with Crippen molar-refractivity contribution in [3.05, 3.63) is 102 Å². The van der Waals surface area contributed by atoms with E-state index in [0.717, 1.165) is 38.1 Å². The van der Waals surface area contributed by atoms with Gasteiger partial charge in [-0.2, -0.15) is 0 Å². The second-order valence-corrected chi connectivity index (χ2v) is 8.59. The average molecular weight is 419 g/mol. The Labute approximate surface area is 188 Å². The number of hydrogen-bond donors (Lipinski definition) is 1. The van der Waals surface area contributed by atoms with Crippen LogP contribution in [0.1, 0.15) is 17.5 Å². The highest BCUT2D eigenvalue weighted by molar-refractivity contribution is 5.90. The molecular weight excluding hydrogens is 392 g/mol. The van der Waals surface area contributed by atoms with Crippen LogP contribution in [0.2, 0.25) is 0 Å². The number of nitrogens with zero attached hydrogens (tertiary/aromatic N) is 1. The van der Waals surface area contributed by atoms with Gasteiger partial charge < -0.3 is 9.40 Å². The number of furan rings is 1. The lowest BCUT2D eigenvalue weighted by molar-refractivity contribution is 0.306. The van der Waals surface area contributed by atoms with Gasteiger partial charge in [0.05, 0.1) is 6.26 Å². The van der Waals surface area contributed by atoms with Crippen molar-refractivity contribution in [2.75, 3.05) is 19.6 Å². The number of benzene rings is 3. The summed E-state index contributed by atoms with van der Waals surface area (Å²) in [6.45, 7) is 3.16. The number of nitrogens with one attached hydrogen (secondary N) is 1. The van der Waals surface area contributed by atoms with E-state index >= 15 is 0 Å². The van der Waals surface area contributed by atoms with E-state index < -0.39 is 0 Å². The van der Waals surface area contributed by atoms with Crippen LogP contribution in [-0.4, -0.2) is 29.5 Å². The molecule has 158 valence electrons. The molecule has 1 N–H and O–H groups in total. The minimum atomic E-state index is 0.958. The van der Waals surface area contributed by atoms with Crippen LogP contribution in [0.4, 0.5) is 0 Å². The number of H-pyrrole nitrogens is 1. The lowest BCUT2D eigenvalue weighted by atomic mass is 9.97. The first kappa shape index (κ1) is 19.1. The Bertz CT molecular complexity index is 1410. The quantitative estimate of drug-likeness (QED) is 0.336. The average Bonchev–Trinajstić information content (AvgIpc) is 3.48. The van der Waals surface area contributed by atoms with Crippen LogP contribution in [0.25, 0.3) is 38.7 Å². The second kappa shape index (κ2) is 8.18. The van der Waals surface area contributed by atoms with Gasteiger partial charge in [-0.05, 0) is 59.4 Å². The van der Waals surface area contributed by atoms with Crippen LogP contribution in [0.5, 0.6) is 0 Å². The van der Waals surface area contributed by atoms with Crippen LogP contribution < -0.4 is 0 Å². The molecule has 5 aromatic rings. The summed E-state index contributed by atoms with van der Waals surface area (Å²) in [5.41, 5.74) is 8.88. The molecule has 0 fully saturated rings. The monoisotopic (exact) mass is 418 g/mol. The summed E-state index contributed by atoms with van der Waals surface area (Å²) >= 11 is 0. The summed E-state index contributed by atoms with van der Waals surface area (Å²) < 4.78 is 5.49. The molecule has 1 aliphatic heterocycles. The standard InChI is InChI=1S/C29H26N2O/c1-2-6-22(7-3-1)29-26(25-8-4-5-9-27(25)30-29)14-18-31-16-12-21(13-17-31)23-10-11-28-24(20-23)15-19-32-28/h1-12,15,19-20,30H,13-14,16-18H2. The van der Waals surface area contributed by atoms with Crippen molar-refractivity contribution in [2.45, 2.75) is 12.8 Å². The third kappa shape index (κ3) is 3.55. The Balaban J connectivity index is 1.21. The van der Waals surface area contributed by atoms with E-state index in [4.69, 9.17) is 4.42 Å². The fraction of sp³-hybridized carbons (Fsp3) is 0.172. The van der Waals surface area contributed by atoms with Crippen LogP contribution in [-0.2, 0) is 6.42 Å². The predicted octanol–water partition coefficient (Wildman–Crippen LogP) is 6.91. The molecule has 0 unspecified atom stereocenters. The Hall–Kier alpha value is -3.56. The molecule has 0 spiro atoms. The molecule has 3 heterocycles. The Morgan fingerprint density at radius 3 is 2.62 bits per heavy atom. The maximum atomic E-state index is 5.49. The molecule has 3 heteroatoms. The van der Waals surface area contributed by atoms with E-state index in [-0.39, 0.29) is 0 Å². The van der Waals surface area contributed by atoms with E-state index in [0.29, 0.717) is 0 Å². The van der Waals surface area contributed by atoms with Crippen molar-refractivity contribution in [1.82, 2.24) is 9.88 Å². The van der Waals surface area contributed by atoms with E-state index in [1.165, 1.54) is 44.2 Å². The van der Waals surface area contributed by atoms with Gasteiger partial charge >= 0.3 is 0 Å². The Morgan fingerprint density at radius 1 is 0.875 bits per heavy atom. The van der Waals surface area contributed by atoms with Gasteiger partial charge in [0.15, 0.2) is 0 Å². The maximum absolute atomic E-state index is 5.49. The van der Waals surface area contributed by atoms with Gasteiger partial charge in [0.1, 0.15) is 5.58 Å². The van der Waals surface area contributed by atoms with Gasteiger partial charge in [0.25, 0.3) is 0 Å². The fourth-order valence-electron chi connectivity index (χ4n) is 4.92. The first-order valence-corrected chi connectivity index (χ1v) is 11.4. The van der Waals surface area contributed by atoms with Gasteiger partial charge in [-0.25, -0.2) is 0 Å². The lowest BCUT2D eigenvalue weighted by Gasteiger charge is -2.26. The summed E-state index contributed by atoms with van der Waals surface area (Å²) in [5.74, 6) is 0. The molecular formula is C29H26N2O. The minimum Gasteiger partial charge on any atom is -0.464 e. The highest BCUT2D eigenvalue weighted by Gasteiger charge is 2.17.